The maximum Gasteiger partial charge on any atom is 0.354 e. The zero-order valence-electron chi connectivity index (χ0n) is 11.7. The van der Waals surface area contributed by atoms with Gasteiger partial charge in [-0.1, -0.05) is 0 Å². The Balaban J connectivity index is 1.62. The van der Waals surface area contributed by atoms with Crippen molar-refractivity contribution in [3.63, 3.8) is 0 Å². The van der Waals surface area contributed by atoms with Crippen LogP contribution in [0.25, 0.3) is 0 Å². The van der Waals surface area contributed by atoms with Gasteiger partial charge < -0.3 is 19.5 Å². The van der Waals surface area contributed by atoms with Gasteiger partial charge in [0.2, 0.25) is 5.88 Å². The summed E-state index contributed by atoms with van der Waals surface area (Å²) in [7, 11) is 0. The predicted molar refractivity (Wildman–Crippen MR) is 74.9 cm³/mol. The van der Waals surface area contributed by atoms with Gasteiger partial charge in [0.1, 0.15) is 5.69 Å². The van der Waals surface area contributed by atoms with Crippen molar-refractivity contribution in [1.82, 2.24) is 4.98 Å². The standard InChI is InChI=1S/C15H18N2O4/c18-14(19)11-3-4-12(13(16-11)21-7-10-1-2-10)17-6-5-15(17)8-20-9-15/h3-4,10H,1-2,5-9H2,(H,18,19). The highest BCUT2D eigenvalue weighted by atomic mass is 16.5. The second-order valence-electron chi connectivity index (χ2n) is 6.20. The minimum Gasteiger partial charge on any atom is -0.477 e. The first-order valence-electron chi connectivity index (χ1n) is 7.40. The van der Waals surface area contributed by atoms with Gasteiger partial charge in [-0.25, -0.2) is 9.78 Å². The zero-order chi connectivity index (χ0) is 14.4. The van der Waals surface area contributed by atoms with Crippen molar-refractivity contribution < 1.29 is 19.4 Å². The number of anilines is 1. The summed E-state index contributed by atoms with van der Waals surface area (Å²) in [5.74, 6) is 0.0291. The van der Waals surface area contributed by atoms with Crippen LogP contribution in [0.5, 0.6) is 5.88 Å². The lowest BCUT2D eigenvalue weighted by Gasteiger charge is -2.58. The third-order valence-corrected chi connectivity index (χ3v) is 4.62. The summed E-state index contributed by atoms with van der Waals surface area (Å²) in [6.07, 6.45) is 3.49. The number of carboxylic acids is 1. The van der Waals surface area contributed by atoms with Crippen molar-refractivity contribution in [3.8, 4) is 5.88 Å². The lowest BCUT2D eigenvalue weighted by molar-refractivity contribution is -0.0849. The van der Waals surface area contributed by atoms with Crippen LogP contribution in [-0.4, -0.2) is 48.0 Å². The third-order valence-electron chi connectivity index (χ3n) is 4.62. The van der Waals surface area contributed by atoms with Crippen LogP contribution in [0.15, 0.2) is 12.1 Å². The number of hydrogen-bond acceptors (Lipinski definition) is 5. The first-order chi connectivity index (χ1) is 10.2. The number of carboxylic acid groups (broad SMARTS) is 1. The molecule has 1 aromatic heterocycles. The van der Waals surface area contributed by atoms with Crippen LogP contribution in [0.2, 0.25) is 0 Å². The third kappa shape index (κ3) is 2.14. The van der Waals surface area contributed by atoms with Crippen molar-refractivity contribution >= 4 is 11.7 Å². The summed E-state index contributed by atoms with van der Waals surface area (Å²) in [5.41, 5.74) is 1.02. The molecule has 3 heterocycles. The van der Waals surface area contributed by atoms with Crippen LogP contribution in [0, 0.1) is 5.92 Å². The number of hydrogen-bond donors (Lipinski definition) is 1. The molecular weight excluding hydrogens is 272 g/mol. The molecule has 0 amide bonds. The van der Waals surface area contributed by atoms with Crippen molar-refractivity contribution in [1.29, 1.82) is 0 Å². The Morgan fingerprint density at radius 3 is 2.81 bits per heavy atom. The van der Waals surface area contributed by atoms with E-state index >= 15 is 0 Å². The highest BCUT2D eigenvalue weighted by Gasteiger charge is 2.51. The molecule has 0 bridgehead atoms. The Morgan fingerprint density at radius 1 is 1.48 bits per heavy atom. The predicted octanol–water partition coefficient (Wildman–Crippen LogP) is 1.55. The van der Waals surface area contributed by atoms with E-state index in [1.54, 1.807) is 6.07 Å². The van der Waals surface area contributed by atoms with Crippen LogP contribution < -0.4 is 9.64 Å². The van der Waals surface area contributed by atoms with Gasteiger partial charge in [-0.05, 0) is 37.3 Å². The van der Waals surface area contributed by atoms with E-state index in [1.807, 2.05) is 6.07 Å². The molecule has 6 heteroatoms. The second-order valence-corrected chi connectivity index (χ2v) is 6.20. The molecule has 0 unspecified atom stereocenters. The van der Waals surface area contributed by atoms with E-state index in [1.165, 1.54) is 12.8 Å². The van der Waals surface area contributed by atoms with Crippen molar-refractivity contribution in [2.75, 3.05) is 31.3 Å². The Hall–Kier alpha value is -1.82. The van der Waals surface area contributed by atoms with E-state index in [2.05, 4.69) is 9.88 Å². The van der Waals surface area contributed by atoms with E-state index in [0.717, 1.165) is 31.9 Å². The Morgan fingerprint density at radius 2 is 2.29 bits per heavy atom. The SMILES string of the molecule is O=C(O)c1ccc(N2CCC23COC3)c(OCC2CC2)n1. The van der Waals surface area contributed by atoms with Gasteiger partial charge in [-0.3, -0.25) is 0 Å². The minimum atomic E-state index is -1.02. The molecule has 21 heavy (non-hydrogen) atoms. The number of carbonyl (C=O) groups is 1. The molecule has 0 aromatic carbocycles. The van der Waals surface area contributed by atoms with Crippen LogP contribution in [-0.2, 0) is 4.74 Å². The smallest absolute Gasteiger partial charge is 0.354 e. The molecule has 112 valence electrons. The average molecular weight is 290 g/mol. The molecule has 1 aromatic rings. The van der Waals surface area contributed by atoms with E-state index in [4.69, 9.17) is 14.6 Å². The second kappa shape index (κ2) is 4.59. The van der Waals surface area contributed by atoms with E-state index in [0.29, 0.717) is 18.4 Å². The average Bonchev–Trinajstić information content (AvgIpc) is 3.18. The molecule has 1 aliphatic carbocycles. The summed E-state index contributed by atoms with van der Waals surface area (Å²) in [5, 5.41) is 9.11. The largest absolute Gasteiger partial charge is 0.477 e. The maximum absolute atomic E-state index is 11.1. The quantitative estimate of drug-likeness (QED) is 0.887. The summed E-state index contributed by atoms with van der Waals surface area (Å²) in [6.45, 7) is 3.03. The van der Waals surface area contributed by atoms with Crippen molar-refractivity contribution in [2.24, 2.45) is 5.92 Å². The van der Waals surface area contributed by atoms with Gasteiger partial charge in [0, 0.05) is 6.54 Å². The van der Waals surface area contributed by atoms with Crippen LogP contribution in [0.1, 0.15) is 29.8 Å². The van der Waals surface area contributed by atoms with E-state index in [-0.39, 0.29) is 11.2 Å². The van der Waals surface area contributed by atoms with Gasteiger partial charge in [-0.15, -0.1) is 0 Å². The molecule has 1 spiro atoms. The number of aromatic nitrogens is 1. The number of aromatic carboxylic acids is 1. The lowest BCUT2D eigenvalue weighted by atomic mass is 9.82. The topological polar surface area (TPSA) is 71.9 Å². The van der Waals surface area contributed by atoms with Crippen LogP contribution in [0.4, 0.5) is 5.69 Å². The Labute approximate surface area is 122 Å². The molecule has 2 saturated heterocycles. The number of pyridine rings is 1. The molecule has 0 radical (unpaired) electrons. The summed E-state index contributed by atoms with van der Waals surface area (Å²) >= 11 is 0. The fourth-order valence-corrected chi connectivity index (χ4v) is 2.90. The van der Waals surface area contributed by atoms with Gasteiger partial charge >= 0.3 is 5.97 Å². The highest BCUT2D eigenvalue weighted by molar-refractivity contribution is 5.86. The zero-order valence-corrected chi connectivity index (χ0v) is 11.7. The van der Waals surface area contributed by atoms with Crippen molar-refractivity contribution in [3.05, 3.63) is 17.8 Å². The van der Waals surface area contributed by atoms with Gasteiger partial charge in [0.05, 0.1) is 25.4 Å². The summed E-state index contributed by atoms with van der Waals surface area (Å²) in [4.78, 5) is 17.6. The number of rotatable bonds is 5. The normalized spacial score (nSPS) is 22.6. The number of ether oxygens (including phenoxy) is 2. The lowest BCUT2D eigenvalue weighted by Crippen LogP contribution is -2.71. The fraction of sp³-hybridized carbons (Fsp3) is 0.600. The Kier molecular flexibility index (Phi) is 2.82. The fourth-order valence-electron chi connectivity index (χ4n) is 2.90. The maximum atomic E-state index is 11.1. The minimum absolute atomic E-state index is 0.0315. The monoisotopic (exact) mass is 290 g/mol. The molecule has 1 saturated carbocycles. The van der Waals surface area contributed by atoms with Gasteiger partial charge in [0.25, 0.3) is 0 Å². The van der Waals surface area contributed by atoms with Gasteiger partial charge in [0.15, 0.2) is 5.69 Å². The van der Waals surface area contributed by atoms with E-state index < -0.39 is 5.97 Å². The summed E-state index contributed by atoms with van der Waals surface area (Å²) in [6, 6.07) is 3.37. The molecule has 6 nitrogen and oxygen atoms in total. The molecule has 3 fully saturated rings. The van der Waals surface area contributed by atoms with Crippen LogP contribution in [0.3, 0.4) is 0 Å². The molecule has 3 aliphatic rings. The molecule has 2 aliphatic heterocycles. The first-order valence-corrected chi connectivity index (χ1v) is 7.40. The van der Waals surface area contributed by atoms with Crippen molar-refractivity contribution in [2.45, 2.75) is 24.8 Å². The highest BCUT2D eigenvalue weighted by Crippen LogP contribution is 2.44. The first kappa shape index (κ1) is 12.9. The van der Waals surface area contributed by atoms with Gasteiger partial charge in [-0.2, -0.15) is 0 Å². The Bertz CT molecular complexity index is 576. The van der Waals surface area contributed by atoms with E-state index in [9.17, 15) is 4.79 Å². The van der Waals surface area contributed by atoms with Crippen LogP contribution >= 0.6 is 0 Å². The summed E-state index contributed by atoms with van der Waals surface area (Å²) < 4.78 is 11.2. The molecule has 1 N–H and O–H groups in total. The molecule has 4 rings (SSSR count). The number of nitrogens with zero attached hydrogens (tertiary/aromatic N) is 2. The molecule has 0 atom stereocenters. The molecular formula is C15H18N2O4.